The van der Waals surface area contributed by atoms with Gasteiger partial charge in [0.15, 0.2) is 0 Å². The van der Waals surface area contributed by atoms with Crippen LogP contribution in [0.2, 0.25) is 0 Å². The molecule has 0 aliphatic carbocycles. The molecular weight excluding hydrogens is 916 g/mol. The third-order valence-corrected chi connectivity index (χ3v) is 28.1. The Morgan fingerprint density at radius 1 is 0.296 bits per heavy atom. The van der Waals surface area contributed by atoms with Crippen LogP contribution in [0.4, 0.5) is 0 Å². The zero-order valence-corrected chi connectivity index (χ0v) is 38.3. The molecule has 4 bridgehead atoms. The van der Waals surface area contributed by atoms with Gasteiger partial charge in [0, 0.05) is 26.2 Å². The number of ether oxygens (including phenoxy) is 6. The molecule has 5 heterocycles. The van der Waals surface area contributed by atoms with E-state index in [1.807, 2.05) is 0 Å². The minimum absolute atomic E-state index is 0.188. The Kier molecular flexibility index (Phi) is 20.8. The van der Waals surface area contributed by atoms with Crippen LogP contribution in [-0.2, 0) is 46.5 Å². The summed E-state index contributed by atoms with van der Waals surface area (Å²) in [6, 6.07) is 0. The van der Waals surface area contributed by atoms with Crippen LogP contribution >= 0.6 is 87.1 Å². The first-order chi connectivity index (χ1) is 26.1. The predicted octanol–water partition coefficient (Wildman–Crippen LogP) is 8.77. The molecular formula is C24H52Cl4N10O10P6. The van der Waals surface area contributed by atoms with Gasteiger partial charge in [0.25, 0.3) is 42.2 Å². The van der Waals surface area contributed by atoms with Crippen molar-refractivity contribution in [3.63, 3.8) is 0 Å². The highest BCUT2D eigenvalue weighted by molar-refractivity contribution is 8.13. The van der Waals surface area contributed by atoms with Crippen molar-refractivity contribution >= 4 is 87.1 Å². The highest BCUT2D eigenvalue weighted by Gasteiger charge is 2.39. The summed E-state index contributed by atoms with van der Waals surface area (Å²) < 4.78 is 88.8. The summed E-state index contributed by atoms with van der Waals surface area (Å²) in [4.78, 5) is 0. The molecule has 0 saturated carbocycles. The van der Waals surface area contributed by atoms with Gasteiger partial charge in [-0.3, -0.25) is 0 Å². The molecule has 5 aliphatic rings. The van der Waals surface area contributed by atoms with Gasteiger partial charge < -0.3 is 46.5 Å². The fourth-order valence-corrected chi connectivity index (χ4v) is 28.9. The van der Waals surface area contributed by atoms with Crippen molar-refractivity contribution in [1.82, 2.24) is 20.3 Å². The van der Waals surface area contributed by atoms with Gasteiger partial charge in [0.2, 0.25) is 0 Å². The van der Waals surface area contributed by atoms with E-state index >= 15 is 0 Å². The molecule has 4 atom stereocenters. The molecule has 0 radical (unpaired) electrons. The second-order valence-electron chi connectivity index (χ2n) is 11.7. The number of nitrogens with one attached hydrogen (secondary N) is 4. The quantitative estimate of drug-likeness (QED) is 0.167. The molecule has 20 nitrogen and oxygen atoms in total. The van der Waals surface area contributed by atoms with E-state index in [2.05, 4.69) is 20.3 Å². The standard InChI is InChI=1S/C24H52Cl4N10O10P6/c25-49(26)33-51-29-5-1-2-6-30-52-34-50(27,28)36-54(38-52,48-24-20-44-16-12-40-10-14-42-18-22-46-52)32-8-4-3-7-31-53(35-49,37-51)47-23-19-43-15-11-39-9-13-41-17-21-45-51/h29-32H,1-24H2. The first-order valence-corrected chi connectivity index (χ1v) is 31.2. The van der Waals surface area contributed by atoms with E-state index in [1.54, 1.807) is 0 Å². The summed E-state index contributed by atoms with van der Waals surface area (Å²) in [6.07, 6.45) is 2.61. The van der Waals surface area contributed by atoms with Crippen LogP contribution in [0.3, 0.4) is 0 Å². The molecule has 4 unspecified atom stereocenters. The summed E-state index contributed by atoms with van der Waals surface area (Å²) in [5.41, 5.74) is 0. The van der Waals surface area contributed by atoms with E-state index in [0.29, 0.717) is 105 Å². The molecule has 54 heavy (non-hydrogen) atoms. The normalized spacial score (nSPS) is 36.7. The highest BCUT2D eigenvalue weighted by Crippen LogP contribution is 2.82. The van der Waals surface area contributed by atoms with E-state index in [4.69, 9.17) is 119 Å². The number of hydrogen-bond donors (Lipinski definition) is 4. The van der Waals surface area contributed by atoms with Gasteiger partial charge in [-0.1, -0.05) is 0 Å². The summed E-state index contributed by atoms with van der Waals surface area (Å²) in [6.45, 7) is 7.03. The zero-order chi connectivity index (χ0) is 38.1. The van der Waals surface area contributed by atoms with Gasteiger partial charge in [-0.15, -0.1) is 0 Å². The van der Waals surface area contributed by atoms with Crippen LogP contribution in [0.25, 0.3) is 0 Å². The average Bonchev–Trinajstić information content (AvgIpc) is 3.09. The number of hydrogen-bond acceptors (Lipinski definition) is 20. The summed E-state index contributed by atoms with van der Waals surface area (Å²) in [7, 11) is -12.8. The van der Waals surface area contributed by atoms with Crippen molar-refractivity contribution < 1.29 is 46.5 Å². The van der Waals surface area contributed by atoms with Crippen molar-refractivity contribution in [2.75, 3.05) is 132 Å². The van der Waals surface area contributed by atoms with Gasteiger partial charge >= 0.3 is 0 Å². The molecule has 0 saturated heterocycles. The van der Waals surface area contributed by atoms with Crippen molar-refractivity contribution in [1.29, 1.82) is 0 Å². The average molecular weight is 968 g/mol. The molecule has 0 spiro atoms. The Morgan fingerprint density at radius 2 is 0.519 bits per heavy atom. The van der Waals surface area contributed by atoms with Crippen LogP contribution in [0, 0.1) is 0 Å². The molecule has 30 heteroatoms. The zero-order valence-electron chi connectivity index (χ0n) is 29.9. The summed E-state index contributed by atoms with van der Waals surface area (Å²) in [5, 5.41) is 13.8. The van der Waals surface area contributed by atoms with E-state index in [-0.39, 0.29) is 52.9 Å². The van der Waals surface area contributed by atoms with Gasteiger partial charge in [0.1, 0.15) is 0 Å². The Balaban J connectivity index is 1.42. The fourth-order valence-electron chi connectivity index (χ4n) is 5.04. The molecule has 316 valence electrons. The molecule has 5 aliphatic heterocycles. The minimum Gasteiger partial charge on any atom is -0.377 e. The van der Waals surface area contributed by atoms with E-state index in [9.17, 15) is 0 Å². The first kappa shape index (κ1) is 47.0. The largest absolute Gasteiger partial charge is 0.377 e. The van der Waals surface area contributed by atoms with Gasteiger partial charge in [-0.25, -0.2) is 20.3 Å². The fraction of sp³-hybridized carbons (Fsp3) is 1.00. The molecule has 5 rings (SSSR count). The maximum atomic E-state index is 6.85. The summed E-state index contributed by atoms with van der Waals surface area (Å²) in [5.74, 6) is -6.58. The van der Waals surface area contributed by atoms with Crippen LogP contribution in [0.5, 0.6) is 0 Å². The first-order valence-electron chi connectivity index (χ1n) is 17.7. The summed E-state index contributed by atoms with van der Waals surface area (Å²) >= 11 is 27.4. The molecule has 0 aromatic carbocycles. The molecule has 4 N–H and O–H groups in total. The Bertz CT molecular complexity index is 1380. The number of halogens is 4. The van der Waals surface area contributed by atoms with Crippen LogP contribution < -0.4 is 20.3 Å². The maximum absolute atomic E-state index is 6.85. The van der Waals surface area contributed by atoms with Gasteiger partial charge in [-0.05, 0) is 70.6 Å². The van der Waals surface area contributed by atoms with E-state index < -0.39 is 42.2 Å². The molecule has 0 amide bonds. The lowest BCUT2D eigenvalue weighted by Crippen LogP contribution is -2.23. The molecule has 0 fully saturated rings. The maximum Gasteiger partial charge on any atom is 0.280 e. The lowest BCUT2D eigenvalue weighted by atomic mass is 10.3. The second-order valence-corrected chi connectivity index (χ2v) is 31.1. The Labute approximate surface area is 337 Å². The van der Waals surface area contributed by atoms with Crippen LogP contribution in [0.1, 0.15) is 25.7 Å². The van der Waals surface area contributed by atoms with Crippen LogP contribution in [0.15, 0.2) is 27.1 Å². The topological polar surface area (TPSA) is 215 Å². The SMILES string of the molecule is ClP1(Cl)=NP23=NP(=N1)(NCCCCNP14=NP(Cl)(Cl)=NP(=N1)(NCCCCN2)OCCOCCOCCOCCO4)OCCOCCOCCOCCO3. The number of nitrogens with zero attached hydrogens (tertiary/aromatic N) is 6. The van der Waals surface area contributed by atoms with Crippen molar-refractivity contribution in [3.8, 4) is 0 Å². The third-order valence-electron chi connectivity index (χ3n) is 7.36. The Hall–Kier alpha value is 1.98. The van der Waals surface area contributed by atoms with Crippen molar-refractivity contribution in [2.24, 2.45) is 27.1 Å². The van der Waals surface area contributed by atoms with E-state index in [0.717, 1.165) is 0 Å². The third kappa shape index (κ3) is 16.4. The number of rotatable bonds is 0. The predicted molar refractivity (Wildman–Crippen MR) is 219 cm³/mol. The minimum atomic E-state index is -3.29. The molecule has 0 aromatic heterocycles. The monoisotopic (exact) mass is 966 g/mol. The van der Waals surface area contributed by atoms with Crippen molar-refractivity contribution in [3.05, 3.63) is 0 Å². The lowest BCUT2D eigenvalue weighted by Gasteiger charge is -2.33. The Morgan fingerprint density at radius 3 is 0.778 bits per heavy atom. The van der Waals surface area contributed by atoms with Gasteiger partial charge in [0.05, 0.1) is 106 Å². The van der Waals surface area contributed by atoms with Gasteiger partial charge in [-0.2, -0.15) is 27.1 Å². The molecule has 0 aromatic rings. The second kappa shape index (κ2) is 23.8. The smallest absolute Gasteiger partial charge is 0.280 e. The van der Waals surface area contributed by atoms with Crippen molar-refractivity contribution in [2.45, 2.75) is 25.7 Å². The van der Waals surface area contributed by atoms with Crippen LogP contribution in [-0.4, -0.2) is 132 Å². The highest BCUT2D eigenvalue weighted by atomic mass is 35.9. The lowest BCUT2D eigenvalue weighted by molar-refractivity contribution is 0.00531. The van der Waals surface area contributed by atoms with E-state index in [1.165, 1.54) is 0 Å².